The highest BCUT2D eigenvalue weighted by Crippen LogP contribution is 2.21. The van der Waals surface area contributed by atoms with Crippen LogP contribution in [-0.4, -0.2) is 53.5 Å². The molecule has 0 aliphatic carbocycles. The van der Waals surface area contributed by atoms with E-state index in [2.05, 4.69) is 15.6 Å². The molecule has 0 saturated carbocycles. The largest absolute Gasteiger partial charge is 0.491 e. The molecule has 0 heterocycles. The molecule has 2 aromatic rings. The minimum atomic E-state index is -3.27. The number of methoxy groups -OCH3 is 1. The number of aryl methyl sites for hydroxylation is 1. The highest BCUT2D eigenvalue weighted by Gasteiger charge is 2.13. The number of nitrogens with zero attached hydrogens (tertiary/aromatic N) is 1. The number of guanidine groups is 1. The zero-order chi connectivity index (χ0) is 22.5. The normalized spacial score (nSPS) is 11.9. The fourth-order valence-corrected chi connectivity index (χ4v) is 4.21. The Labute approximate surface area is 185 Å². The minimum absolute atomic E-state index is 0.0822. The first-order valence-electron chi connectivity index (χ1n) is 10.5. The summed E-state index contributed by atoms with van der Waals surface area (Å²) < 4.78 is 35.7. The summed E-state index contributed by atoms with van der Waals surface area (Å²) in [6.45, 7) is 6.66. The van der Waals surface area contributed by atoms with Crippen molar-refractivity contribution in [3.8, 4) is 5.75 Å². The average molecular weight is 448 g/mol. The molecule has 7 nitrogen and oxygen atoms in total. The number of hydrogen-bond donors (Lipinski definition) is 2. The summed E-state index contributed by atoms with van der Waals surface area (Å²) in [7, 11) is -1.63. The maximum absolute atomic E-state index is 12.4. The third-order valence-electron chi connectivity index (χ3n) is 4.50. The van der Waals surface area contributed by atoms with Crippen LogP contribution in [0.5, 0.6) is 5.75 Å². The number of aliphatic imine (C=N–C) groups is 1. The second-order valence-electron chi connectivity index (χ2n) is 7.06. The SMILES string of the molecule is CCNC(=NCc1ccc(C)cc1OCCOC)NCCCS(=O)(=O)c1ccccc1. The Bertz CT molecular complexity index is 931. The van der Waals surface area contributed by atoms with Crippen LogP contribution >= 0.6 is 0 Å². The topological polar surface area (TPSA) is 89.0 Å². The molecule has 0 atom stereocenters. The molecule has 0 bridgehead atoms. The van der Waals surface area contributed by atoms with Crippen molar-refractivity contribution in [1.29, 1.82) is 0 Å². The van der Waals surface area contributed by atoms with Crippen molar-refractivity contribution in [2.24, 2.45) is 4.99 Å². The van der Waals surface area contributed by atoms with Gasteiger partial charge in [-0.25, -0.2) is 13.4 Å². The quantitative estimate of drug-likeness (QED) is 0.295. The standard InChI is InChI=1S/C23H33N3O4S/c1-4-24-23(25-13-8-16-31(27,28)21-9-6-5-7-10-21)26-18-20-12-11-19(2)17-22(20)30-15-14-29-3/h5-7,9-12,17H,4,8,13-16,18H2,1-3H3,(H2,24,25,26). The molecular weight excluding hydrogens is 414 g/mol. The van der Waals surface area contributed by atoms with Crippen molar-refractivity contribution >= 4 is 15.8 Å². The fraction of sp³-hybridized carbons (Fsp3) is 0.435. The summed E-state index contributed by atoms with van der Waals surface area (Å²) in [6.07, 6.45) is 0.484. The van der Waals surface area contributed by atoms with E-state index in [9.17, 15) is 8.42 Å². The number of ether oxygens (including phenoxy) is 2. The van der Waals surface area contributed by atoms with Crippen LogP contribution in [0.4, 0.5) is 0 Å². The van der Waals surface area contributed by atoms with Gasteiger partial charge in [-0.15, -0.1) is 0 Å². The first kappa shape index (κ1) is 24.7. The zero-order valence-corrected chi connectivity index (χ0v) is 19.4. The van der Waals surface area contributed by atoms with E-state index in [-0.39, 0.29) is 5.75 Å². The van der Waals surface area contributed by atoms with Crippen LogP contribution in [0, 0.1) is 6.92 Å². The predicted octanol–water partition coefficient (Wildman–Crippen LogP) is 2.94. The lowest BCUT2D eigenvalue weighted by molar-refractivity contribution is 0.145. The van der Waals surface area contributed by atoms with E-state index in [1.54, 1.807) is 31.4 Å². The van der Waals surface area contributed by atoms with Crippen molar-refractivity contribution in [1.82, 2.24) is 10.6 Å². The number of rotatable bonds is 12. The molecule has 0 unspecified atom stereocenters. The second-order valence-corrected chi connectivity index (χ2v) is 9.17. The van der Waals surface area contributed by atoms with Gasteiger partial charge in [0.2, 0.25) is 0 Å². The number of benzene rings is 2. The Balaban J connectivity index is 1.93. The van der Waals surface area contributed by atoms with E-state index < -0.39 is 9.84 Å². The molecule has 0 radical (unpaired) electrons. The van der Waals surface area contributed by atoms with Gasteiger partial charge in [-0.1, -0.05) is 30.3 Å². The van der Waals surface area contributed by atoms with E-state index in [0.29, 0.717) is 50.1 Å². The van der Waals surface area contributed by atoms with Gasteiger partial charge in [-0.05, 0) is 44.0 Å². The highest BCUT2D eigenvalue weighted by atomic mass is 32.2. The maximum atomic E-state index is 12.4. The van der Waals surface area contributed by atoms with Gasteiger partial charge in [-0.3, -0.25) is 0 Å². The molecule has 2 aromatic carbocycles. The number of hydrogen-bond acceptors (Lipinski definition) is 5. The summed E-state index contributed by atoms with van der Waals surface area (Å²) >= 11 is 0. The lowest BCUT2D eigenvalue weighted by Crippen LogP contribution is -2.38. The second kappa shape index (κ2) is 13.0. The number of sulfone groups is 1. The van der Waals surface area contributed by atoms with Crippen LogP contribution < -0.4 is 15.4 Å². The fourth-order valence-electron chi connectivity index (χ4n) is 2.88. The predicted molar refractivity (Wildman–Crippen MR) is 124 cm³/mol. The third kappa shape index (κ3) is 8.59. The monoisotopic (exact) mass is 447 g/mol. The first-order chi connectivity index (χ1) is 15.0. The smallest absolute Gasteiger partial charge is 0.191 e. The Morgan fingerprint density at radius 1 is 1.06 bits per heavy atom. The molecule has 0 aromatic heterocycles. The molecule has 170 valence electrons. The van der Waals surface area contributed by atoms with Crippen molar-refractivity contribution in [2.75, 3.05) is 39.2 Å². The van der Waals surface area contributed by atoms with Gasteiger partial charge < -0.3 is 20.1 Å². The van der Waals surface area contributed by atoms with Gasteiger partial charge in [0.25, 0.3) is 0 Å². The summed E-state index contributed by atoms with van der Waals surface area (Å²) in [4.78, 5) is 4.99. The highest BCUT2D eigenvalue weighted by molar-refractivity contribution is 7.91. The van der Waals surface area contributed by atoms with Crippen LogP contribution in [0.2, 0.25) is 0 Å². The summed E-state index contributed by atoms with van der Waals surface area (Å²) in [5, 5.41) is 6.41. The maximum Gasteiger partial charge on any atom is 0.191 e. The molecule has 0 amide bonds. The molecule has 0 spiro atoms. The van der Waals surface area contributed by atoms with Gasteiger partial charge >= 0.3 is 0 Å². The Morgan fingerprint density at radius 2 is 1.84 bits per heavy atom. The molecule has 2 rings (SSSR count). The summed E-state index contributed by atoms with van der Waals surface area (Å²) in [6, 6.07) is 14.6. The first-order valence-corrected chi connectivity index (χ1v) is 12.1. The molecule has 31 heavy (non-hydrogen) atoms. The number of nitrogens with one attached hydrogen (secondary N) is 2. The van der Waals surface area contributed by atoms with Crippen molar-refractivity contribution < 1.29 is 17.9 Å². The van der Waals surface area contributed by atoms with E-state index in [0.717, 1.165) is 16.9 Å². The van der Waals surface area contributed by atoms with Crippen LogP contribution in [0.25, 0.3) is 0 Å². The van der Waals surface area contributed by atoms with Gasteiger partial charge in [0.05, 0.1) is 23.8 Å². The van der Waals surface area contributed by atoms with Gasteiger partial charge in [0, 0.05) is 25.8 Å². The molecule has 2 N–H and O–H groups in total. The zero-order valence-electron chi connectivity index (χ0n) is 18.6. The van der Waals surface area contributed by atoms with Gasteiger partial charge in [0.1, 0.15) is 12.4 Å². The van der Waals surface area contributed by atoms with E-state index >= 15 is 0 Å². The minimum Gasteiger partial charge on any atom is -0.491 e. The lowest BCUT2D eigenvalue weighted by Gasteiger charge is -2.14. The van der Waals surface area contributed by atoms with Crippen LogP contribution in [0.15, 0.2) is 58.4 Å². The molecule has 0 saturated heterocycles. The van der Waals surface area contributed by atoms with Crippen molar-refractivity contribution in [3.05, 3.63) is 59.7 Å². The lowest BCUT2D eigenvalue weighted by atomic mass is 10.1. The van der Waals surface area contributed by atoms with Gasteiger partial charge in [-0.2, -0.15) is 0 Å². The third-order valence-corrected chi connectivity index (χ3v) is 6.32. The molecular formula is C23H33N3O4S. The van der Waals surface area contributed by atoms with Gasteiger partial charge in [0.15, 0.2) is 15.8 Å². The van der Waals surface area contributed by atoms with Crippen LogP contribution in [-0.2, 0) is 21.1 Å². The Kier molecular flexibility index (Phi) is 10.3. The Hall–Kier alpha value is -2.58. The van der Waals surface area contributed by atoms with Crippen LogP contribution in [0.3, 0.4) is 0 Å². The summed E-state index contributed by atoms with van der Waals surface area (Å²) in [5.74, 6) is 1.52. The molecule has 0 aliphatic rings. The molecule has 8 heteroatoms. The van der Waals surface area contributed by atoms with Crippen molar-refractivity contribution in [3.63, 3.8) is 0 Å². The van der Waals surface area contributed by atoms with Crippen LogP contribution in [0.1, 0.15) is 24.5 Å². The van der Waals surface area contributed by atoms with Crippen molar-refractivity contribution in [2.45, 2.75) is 31.7 Å². The average Bonchev–Trinajstić information content (AvgIpc) is 2.76. The molecule has 0 aliphatic heterocycles. The van der Waals surface area contributed by atoms with E-state index in [1.165, 1.54) is 0 Å². The molecule has 0 fully saturated rings. The summed E-state index contributed by atoms with van der Waals surface area (Å²) in [5.41, 5.74) is 2.09. The Morgan fingerprint density at radius 3 is 2.55 bits per heavy atom. The van der Waals surface area contributed by atoms with E-state index in [1.807, 2.05) is 38.1 Å². The van der Waals surface area contributed by atoms with E-state index in [4.69, 9.17) is 9.47 Å².